The summed E-state index contributed by atoms with van der Waals surface area (Å²) in [6, 6.07) is 0. The van der Waals surface area contributed by atoms with Crippen molar-refractivity contribution >= 4 is 13.2 Å². The van der Waals surface area contributed by atoms with E-state index in [0.29, 0.717) is 6.54 Å². The number of nitrogens with zero attached hydrogens (tertiary/aromatic N) is 1. The van der Waals surface area contributed by atoms with Crippen molar-refractivity contribution in [1.82, 2.24) is 10.2 Å². The number of piperazine rings is 1. The Hall–Kier alpha value is -0.140. The minimum Gasteiger partial charge on any atom is -0.354 e. The van der Waals surface area contributed by atoms with E-state index in [1.165, 1.54) is 0 Å². The topological polar surface area (TPSA) is 32.3 Å². The molecule has 1 aliphatic rings. The zero-order valence-electron chi connectivity index (χ0n) is 8.13. The monoisotopic (exact) mass is 189 g/mol. The summed E-state index contributed by atoms with van der Waals surface area (Å²) >= 11 is 0. The summed E-state index contributed by atoms with van der Waals surface area (Å²) in [5.41, 5.74) is 0. The predicted octanol–water partition coefficient (Wildman–Crippen LogP) is 0.283. The molecule has 0 radical (unpaired) electrons. The maximum absolute atomic E-state index is 11.0. The van der Waals surface area contributed by atoms with E-state index in [9.17, 15) is 4.79 Å². The smallest absolute Gasteiger partial charge is 0.234 e. The molecule has 0 bridgehead atoms. The van der Waals surface area contributed by atoms with Gasteiger partial charge in [-0.25, -0.2) is 0 Å². The van der Waals surface area contributed by atoms with Crippen molar-refractivity contribution in [2.75, 3.05) is 45.9 Å². The molecule has 1 N–H and O–H groups in total. The van der Waals surface area contributed by atoms with Crippen LogP contribution in [0.1, 0.15) is 0 Å². The Balaban J connectivity index is 2.37. The summed E-state index contributed by atoms with van der Waals surface area (Å²) in [5, 5.41) is 2.83. The lowest BCUT2D eigenvalue weighted by Crippen LogP contribution is -2.47. The fourth-order valence-corrected chi connectivity index (χ4v) is 2.85. The number of carbonyl (C=O) groups is 1. The van der Waals surface area contributed by atoms with Crippen LogP contribution >= 0.6 is 7.26 Å². The van der Waals surface area contributed by atoms with Crippen LogP contribution < -0.4 is 5.32 Å². The second kappa shape index (κ2) is 3.71. The summed E-state index contributed by atoms with van der Waals surface area (Å²) < 4.78 is 0. The molecule has 0 aromatic rings. The first-order valence-electron chi connectivity index (χ1n) is 4.27. The van der Waals surface area contributed by atoms with Gasteiger partial charge in [0, 0.05) is 40.3 Å². The molecule has 1 amide bonds. The minimum absolute atomic E-state index is 0.176. The third kappa shape index (κ3) is 3.51. The van der Waals surface area contributed by atoms with E-state index >= 15 is 0 Å². The summed E-state index contributed by atoms with van der Waals surface area (Å²) in [6.45, 7) is 9.34. The van der Waals surface area contributed by atoms with Crippen molar-refractivity contribution in [1.29, 1.82) is 0 Å². The molecule has 1 rings (SSSR count). The Morgan fingerprint density at radius 1 is 1.50 bits per heavy atom. The minimum atomic E-state index is -0.765. The Bertz CT molecular complexity index is 176. The van der Waals surface area contributed by atoms with Crippen LogP contribution in [0.2, 0.25) is 0 Å². The van der Waals surface area contributed by atoms with Gasteiger partial charge in [-0.05, 0) is 0 Å². The summed E-state index contributed by atoms with van der Waals surface area (Å²) in [6.07, 6.45) is 1.11. The van der Waals surface area contributed by atoms with Crippen LogP contribution in [0.4, 0.5) is 0 Å². The van der Waals surface area contributed by atoms with Crippen LogP contribution in [-0.2, 0) is 4.79 Å². The fourth-order valence-electron chi connectivity index (χ4n) is 1.41. The van der Waals surface area contributed by atoms with Gasteiger partial charge in [0.05, 0.1) is 6.54 Å². The van der Waals surface area contributed by atoms with Crippen molar-refractivity contribution in [3.05, 3.63) is 0 Å². The molecule has 1 saturated heterocycles. The van der Waals surface area contributed by atoms with E-state index in [2.05, 4.69) is 30.2 Å². The molecule has 0 spiro atoms. The lowest BCUT2D eigenvalue weighted by atomic mass is 10.4. The Morgan fingerprint density at radius 2 is 2.17 bits per heavy atom. The van der Waals surface area contributed by atoms with Gasteiger partial charge in [-0.2, -0.15) is 0 Å². The van der Waals surface area contributed by atoms with E-state index in [-0.39, 0.29) is 5.91 Å². The number of carbonyl (C=O) groups excluding carboxylic acids is 1. The van der Waals surface area contributed by atoms with Gasteiger partial charge in [-0.1, -0.05) is 0 Å². The van der Waals surface area contributed by atoms with Crippen LogP contribution in [0.3, 0.4) is 0 Å². The quantitative estimate of drug-likeness (QED) is 0.633. The van der Waals surface area contributed by atoms with Crippen LogP contribution in [-0.4, -0.2) is 56.7 Å². The number of nitrogens with one attached hydrogen (secondary N) is 1. The fraction of sp³-hybridized carbons (Fsp3) is 0.875. The van der Waals surface area contributed by atoms with Crippen molar-refractivity contribution in [3.8, 4) is 0 Å². The SMILES string of the molecule is C[P+](C)(C)CN1CCNC(=O)C1. The third-order valence-corrected chi connectivity index (χ3v) is 2.99. The van der Waals surface area contributed by atoms with Gasteiger partial charge in [0.25, 0.3) is 0 Å². The zero-order chi connectivity index (χ0) is 9.19. The van der Waals surface area contributed by atoms with Gasteiger partial charge in [-0.3, -0.25) is 9.69 Å². The lowest BCUT2D eigenvalue weighted by Gasteiger charge is -2.28. The van der Waals surface area contributed by atoms with Gasteiger partial charge in [0.2, 0.25) is 5.91 Å². The van der Waals surface area contributed by atoms with E-state index < -0.39 is 7.26 Å². The molecule has 4 heteroatoms. The van der Waals surface area contributed by atoms with Gasteiger partial charge in [-0.15, -0.1) is 0 Å². The summed E-state index contributed by atoms with van der Waals surface area (Å²) in [4.78, 5) is 13.3. The second-order valence-corrected chi connectivity index (χ2v) is 9.20. The number of amides is 1. The molecule has 1 heterocycles. The first-order valence-corrected chi connectivity index (χ1v) is 7.58. The highest BCUT2D eigenvalue weighted by molar-refractivity contribution is 7.73. The van der Waals surface area contributed by atoms with Crippen LogP contribution in [0, 0.1) is 0 Å². The molecule has 3 nitrogen and oxygen atoms in total. The van der Waals surface area contributed by atoms with Crippen LogP contribution in [0.5, 0.6) is 0 Å². The van der Waals surface area contributed by atoms with Gasteiger partial charge in [0.1, 0.15) is 6.29 Å². The Kier molecular flexibility index (Phi) is 3.08. The van der Waals surface area contributed by atoms with E-state index in [1.807, 2.05) is 0 Å². The highest BCUT2D eigenvalue weighted by Gasteiger charge is 2.25. The van der Waals surface area contributed by atoms with E-state index in [1.54, 1.807) is 0 Å². The zero-order valence-corrected chi connectivity index (χ0v) is 9.03. The Labute approximate surface area is 74.8 Å². The van der Waals surface area contributed by atoms with Crippen molar-refractivity contribution in [2.45, 2.75) is 0 Å². The second-order valence-electron chi connectivity index (χ2n) is 4.33. The number of rotatable bonds is 2. The first kappa shape index (κ1) is 9.94. The maximum Gasteiger partial charge on any atom is 0.234 e. The average Bonchev–Trinajstić information content (AvgIpc) is 1.82. The summed E-state index contributed by atoms with van der Waals surface area (Å²) in [7, 11) is -0.765. The van der Waals surface area contributed by atoms with Crippen LogP contribution in [0.15, 0.2) is 0 Å². The van der Waals surface area contributed by atoms with Crippen molar-refractivity contribution in [2.24, 2.45) is 0 Å². The van der Waals surface area contributed by atoms with Gasteiger partial charge in [0.15, 0.2) is 0 Å². The first-order chi connectivity index (χ1) is 5.47. The molecule has 0 aliphatic carbocycles. The number of hydrogen-bond donors (Lipinski definition) is 1. The highest BCUT2D eigenvalue weighted by atomic mass is 31.2. The lowest BCUT2D eigenvalue weighted by molar-refractivity contribution is -0.123. The molecular formula is C8H18N2OP+. The molecule has 0 aromatic heterocycles. The molecular weight excluding hydrogens is 171 g/mol. The van der Waals surface area contributed by atoms with Crippen molar-refractivity contribution < 1.29 is 4.79 Å². The van der Waals surface area contributed by atoms with E-state index in [0.717, 1.165) is 19.4 Å². The molecule has 0 unspecified atom stereocenters. The maximum atomic E-state index is 11.0. The molecule has 70 valence electrons. The average molecular weight is 189 g/mol. The third-order valence-electron chi connectivity index (χ3n) is 1.74. The Morgan fingerprint density at radius 3 is 2.67 bits per heavy atom. The summed E-state index contributed by atoms with van der Waals surface area (Å²) in [5.74, 6) is 0.176. The molecule has 1 aliphatic heterocycles. The van der Waals surface area contributed by atoms with Gasteiger partial charge >= 0.3 is 0 Å². The normalized spacial score (nSPS) is 20.8. The molecule has 0 saturated carbocycles. The molecule has 0 atom stereocenters. The molecule has 1 fully saturated rings. The highest BCUT2D eigenvalue weighted by Crippen LogP contribution is 2.46. The van der Waals surface area contributed by atoms with E-state index in [4.69, 9.17) is 0 Å². The molecule has 0 aromatic carbocycles. The largest absolute Gasteiger partial charge is 0.354 e. The standard InChI is InChI=1S/C8H17N2OP/c1-12(2,3)7-10-5-4-9-8(11)6-10/h4-7H2,1-3H3/p+1. The van der Waals surface area contributed by atoms with Gasteiger partial charge < -0.3 is 5.32 Å². The van der Waals surface area contributed by atoms with Crippen molar-refractivity contribution in [3.63, 3.8) is 0 Å². The number of hydrogen-bond acceptors (Lipinski definition) is 2. The molecule has 12 heavy (non-hydrogen) atoms. The predicted molar refractivity (Wildman–Crippen MR) is 54.1 cm³/mol. The van der Waals surface area contributed by atoms with Crippen LogP contribution in [0.25, 0.3) is 0 Å².